The predicted octanol–water partition coefficient (Wildman–Crippen LogP) is 4.86. The van der Waals surface area contributed by atoms with E-state index in [1.165, 1.54) is 10.8 Å². The van der Waals surface area contributed by atoms with Crippen molar-refractivity contribution in [3.63, 3.8) is 0 Å². The number of hydrogen-bond donors (Lipinski definition) is 1. The number of hydrogen-bond acceptors (Lipinski definition) is 4. The van der Waals surface area contributed by atoms with Gasteiger partial charge in [-0.2, -0.15) is 0 Å². The molecule has 0 saturated carbocycles. The molecule has 4 nitrogen and oxygen atoms in total. The lowest BCUT2D eigenvalue weighted by Gasteiger charge is -2.18. The zero-order valence-electron chi connectivity index (χ0n) is 15.0. The molecule has 0 spiro atoms. The van der Waals surface area contributed by atoms with Crippen molar-refractivity contribution in [3.8, 4) is 0 Å². The number of esters is 1. The van der Waals surface area contributed by atoms with Crippen LogP contribution in [0, 0.1) is 0 Å². The molecule has 2 aliphatic rings. The quantitative estimate of drug-likeness (QED) is 0.589. The molecule has 0 aromatic heterocycles. The second-order valence-electron chi connectivity index (χ2n) is 6.23. The first kappa shape index (κ1) is 18.0. The molecule has 4 heteroatoms. The van der Waals surface area contributed by atoms with E-state index in [0.29, 0.717) is 12.1 Å². The minimum Gasteiger partial charge on any atom is -0.432 e. The molecule has 0 fully saturated rings. The Morgan fingerprint density at radius 2 is 1.38 bits per heavy atom. The molecule has 26 heavy (non-hydrogen) atoms. The summed E-state index contributed by atoms with van der Waals surface area (Å²) in [6, 6.07) is 23.9. The number of anilines is 1. The molecule has 1 N–H and O–H groups in total. The molecule has 0 saturated heterocycles. The zero-order chi connectivity index (χ0) is 18.4. The van der Waals surface area contributed by atoms with E-state index in [0.717, 1.165) is 5.69 Å². The van der Waals surface area contributed by atoms with Crippen molar-refractivity contribution in [3.05, 3.63) is 78.4 Å². The number of carbonyl (C=O) groups is 1. The third kappa shape index (κ3) is 4.83. The Hall–Kier alpha value is -2.85. The molecule has 2 bridgehead atoms. The Balaban J connectivity index is 0.000000167. The Bertz CT molecular complexity index is 795. The minimum atomic E-state index is -0.527. The van der Waals surface area contributed by atoms with E-state index in [1.54, 1.807) is 19.1 Å². The van der Waals surface area contributed by atoms with E-state index in [-0.39, 0.29) is 12.1 Å². The molecule has 0 amide bonds. The first-order chi connectivity index (χ1) is 12.6. The lowest BCUT2D eigenvalue weighted by molar-refractivity contribution is -0.122. The Morgan fingerprint density at radius 1 is 0.846 bits per heavy atom. The Morgan fingerprint density at radius 3 is 1.92 bits per heavy atom. The minimum absolute atomic E-state index is 0.0146. The second kappa shape index (κ2) is 8.50. The standard InChI is InChI=1S/C12H15NO3.C10H8/c1-8-7-13-11-5-3-10(4-6-11)12(14)16-9(2)15-8;1-2-6-10-8-4-3-7-9(10)5-1/h3-6,8-9,13H,7H2,1-2H3;1-8H. The van der Waals surface area contributed by atoms with Crippen molar-refractivity contribution in [2.75, 3.05) is 11.9 Å². The van der Waals surface area contributed by atoms with E-state index in [4.69, 9.17) is 9.47 Å². The maximum absolute atomic E-state index is 11.6. The van der Waals surface area contributed by atoms with Gasteiger partial charge < -0.3 is 14.8 Å². The first-order valence-corrected chi connectivity index (χ1v) is 8.76. The van der Waals surface area contributed by atoms with E-state index in [9.17, 15) is 4.79 Å². The highest BCUT2D eigenvalue weighted by Gasteiger charge is 2.16. The van der Waals surface area contributed by atoms with Crippen molar-refractivity contribution < 1.29 is 14.3 Å². The van der Waals surface area contributed by atoms with Crippen molar-refractivity contribution in [2.45, 2.75) is 26.2 Å². The summed E-state index contributed by atoms with van der Waals surface area (Å²) >= 11 is 0. The van der Waals surface area contributed by atoms with Crippen molar-refractivity contribution in [1.29, 1.82) is 0 Å². The molecular weight excluding hydrogens is 326 g/mol. The van der Waals surface area contributed by atoms with Gasteiger partial charge in [0.15, 0.2) is 0 Å². The molecule has 2 atom stereocenters. The first-order valence-electron chi connectivity index (χ1n) is 8.76. The van der Waals surface area contributed by atoms with Gasteiger partial charge in [-0.25, -0.2) is 4.79 Å². The van der Waals surface area contributed by atoms with Gasteiger partial charge in [0.1, 0.15) is 0 Å². The highest BCUT2D eigenvalue weighted by molar-refractivity contribution is 5.89. The summed E-state index contributed by atoms with van der Waals surface area (Å²) in [5.74, 6) is -0.354. The van der Waals surface area contributed by atoms with Gasteiger partial charge >= 0.3 is 5.97 Å². The van der Waals surface area contributed by atoms with Gasteiger partial charge in [-0.15, -0.1) is 0 Å². The van der Waals surface area contributed by atoms with Crippen LogP contribution in [0.2, 0.25) is 0 Å². The molecule has 0 aliphatic carbocycles. The normalized spacial score (nSPS) is 19.5. The number of nitrogens with one attached hydrogen (secondary N) is 1. The van der Waals surface area contributed by atoms with Crippen LogP contribution < -0.4 is 5.32 Å². The average molecular weight is 349 g/mol. The summed E-state index contributed by atoms with van der Waals surface area (Å²) in [5.41, 5.74) is 1.51. The van der Waals surface area contributed by atoms with Crippen LogP contribution in [0.3, 0.4) is 0 Å². The number of ether oxygens (including phenoxy) is 2. The van der Waals surface area contributed by atoms with E-state index in [1.807, 2.05) is 19.1 Å². The molecule has 5 rings (SSSR count). The monoisotopic (exact) mass is 349 g/mol. The topological polar surface area (TPSA) is 47.6 Å². The summed E-state index contributed by atoms with van der Waals surface area (Å²) in [7, 11) is 0. The molecule has 2 unspecified atom stereocenters. The third-order valence-corrected chi connectivity index (χ3v) is 4.07. The van der Waals surface area contributed by atoms with Gasteiger partial charge in [-0.3, -0.25) is 0 Å². The largest absolute Gasteiger partial charge is 0.432 e. The van der Waals surface area contributed by atoms with Crippen LogP contribution in [0.25, 0.3) is 10.8 Å². The van der Waals surface area contributed by atoms with Crippen LogP contribution in [0.1, 0.15) is 24.2 Å². The summed E-state index contributed by atoms with van der Waals surface area (Å²) in [6.45, 7) is 4.34. The second-order valence-corrected chi connectivity index (χ2v) is 6.23. The van der Waals surface area contributed by atoms with Crippen LogP contribution in [0.4, 0.5) is 5.69 Å². The van der Waals surface area contributed by atoms with Crippen molar-refractivity contribution in [1.82, 2.24) is 0 Å². The Kier molecular flexibility index (Phi) is 5.87. The third-order valence-electron chi connectivity index (χ3n) is 4.07. The van der Waals surface area contributed by atoms with Gasteiger partial charge in [0.2, 0.25) is 6.29 Å². The van der Waals surface area contributed by atoms with E-state index in [2.05, 4.69) is 53.8 Å². The lowest BCUT2D eigenvalue weighted by Crippen LogP contribution is -2.27. The number of rotatable bonds is 0. The number of benzene rings is 3. The SMILES string of the molecule is CC1CNc2ccc(cc2)C(=O)OC(C)O1.c1ccc2ccccc2c1. The molecule has 2 aliphatic heterocycles. The summed E-state index contributed by atoms with van der Waals surface area (Å²) < 4.78 is 10.6. The Labute approximate surface area is 153 Å². The molecular formula is C22H23NO3. The lowest BCUT2D eigenvalue weighted by atomic mass is 10.1. The van der Waals surface area contributed by atoms with Crippen molar-refractivity contribution >= 4 is 22.4 Å². The maximum Gasteiger partial charge on any atom is 0.340 e. The van der Waals surface area contributed by atoms with Crippen LogP contribution in [-0.4, -0.2) is 24.9 Å². The number of fused-ring (bicyclic) bond motifs is 9. The summed E-state index contributed by atoms with van der Waals surface area (Å²) in [6.07, 6.45) is -0.542. The van der Waals surface area contributed by atoms with Gasteiger partial charge in [-0.1, -0.05) is 48.5 Å². The highest BCUT2D eigenvalue weighted by Crippen LogP contribution is 2.14. The fraction of sp³-hybridized carbons (Fsp3) is 0.227. The van der Waals surface area contributed by atoms with Gasteiger partial charge in [0.25, 0.3) is 0 Å². The molecule has 3 aromatic carbocycles. The molecule has 3 aromatic rings. The van der Waals surface area contributed by atoms with Gasteiger partial charge in [0.05, 0.1) is 11.7 Å². The van der Waals surface area contributed by atoms with Crippen LogP contribution in [0.5, 0.6) is 0 Å². The van der Waals surface area contributed by atoms with E-state index < -0.39 is 6.29 Å². The molecule has 134 valence electrons. The van der Waals surface area contributed by atoms with Crippen LogP contribution >= 0.6 is 0 Å². The van der Waals surface area contributed by atoms with Gasteiger partial charge in [0, 0.05) is 12.2 Å². The fourth-order valence-electron chi connectivity index (χ4n) is 2.74. The molecule has 2 heterocycles. The smallest absolute Gasteiger partial charge is 0.340 e. The number of carbonyl (C=O) groups excluding carboxylic acids is 1. The maximum atomic E-state index is 11.6. The molecule has 0 radical (unpaired) electrons. The summed E-state index contributed by atoms with van der Waals surface area (Å²) in [5, 5.41) is 5.85. The average Bonchev–Trinajstić information content (AvgIpc) is 2.70. The van der Waals surface area contributed by atoms with Crippen LogP contribution in [0.15, 0.2) is 72.8 Å². The van der Waals surface area contributed by atoms with E-state index >= 15 is 0 Å². The van der Waals surface area contributed by atoms with Crippen LogP contribution in [-0.2, 0) is 9.47 Å². The summed E-state index contributed by atoms with van der Waals surface area (Å²) in [4.78, 5) is 11.6. The fourth-order valence-corrected chi connectivity index (χ4v) is 2.74. The predicted molar refractivity (Wildman–Crippen MR) is 104 cm³/mol. The zero-order valence-corrected chi connectivity index (χ0v) is 15.0. The van der Waals surface area contributed by atoms with Gasteiger partial charge in [-0.05, 0) is 48.9 Å². The highest BCUT2D eigenvalue weighted by atomic mass is 16.7. The van der Waals surface area contributed by atoms with Crippen molar-refractivity contribution in [2.24, 2.45) is 0 Å².